The number of aromatic nitrogens is 4. The fourth-order valence-electron chi connectivity index (χ4n) is 4.64. The molecular weight excluding hydrogens is 432 g/mol. The van der Waals surface area contributed by atoms with Crippen molar-refractivity contribution in [2.24, 2.45) is 0 Å². The first kappa shape index (κ1) is 23.9. The van der Waals surface area contributed by atoms with Crippen molar-refractivity contribution in [3.63, 3.8) is 0 Å². The number of carbonyl (C=O) groups excluding carboxylic acids is 1. The average Bonchev–Trinajstić information content (AvgIpc) is 3.19. The molecule has 1 aromatic carbocycles. The normalized spacial score (nSPS) is 14.7. The van der Waals surface area contributed by atoms with Gasteiger partial charge >= 0.3 is 5.69 Å². The van der Waals surface area contributed by atoms with Gasteiger partial charge in [0.05, 0.1) is 13.0 Å². The molecule has 0 spiro atoms. The fourth-order valence-corrected chi connectivity index (χ4v) is 4.64. The topological polar surface area (TPSA) is 96.2 Å². The van der Waals surface area contributed by atoms with Crippen molar-refractivity contribution in [3.05, 3.63) is 62.1 Å². The number of aromatic amines is 1. The molecule has 2 aromatic heterocycles. The highest BCUT2D eigenvalue weighted by Crippen LogP contribution is 2.16. The lowest BCUT2D eigenvalue weighted by atomic mass is 10.1. The minimum Gasteiger partial charge on any atom is -0.340 e. The Kier molecular flexibility index (Phi) is 7.31. The molecule has 0 bridgehead atoms. The number of imidazole rings is 1. The van der Waals surface area contributed by atoms with E-state index in [4.69, 9.17) is 4.98 Å². The standard InChI is InChI=1S/C25H34N6O3/c1-4-6-11-31-23-22(24(33)27-25(31)34)30(5-2)20(26-23)17-28-12-14-29(15-13-28)21(32)16-19-10-8-7-9-18(19)3/h7-10H,4-6,11-17H2,1-3H3,(H,27,33,34). The molecule has 34 heavy (non-hydrogen) atoms. The molecular formula is C25H34N6O3. The number of carbonyl (C=O) groups is 1. The van der Waals surface area contributed by atoms with E-state index >= 15 is 0 Å². The number of benzene rings is 1. The first-order valence-corrected chi connectivity index (χ1v) is 12.2. The van der Waals surface area contributed by atoms with Crippen molar-refractivity contribution >= 4 is 17.1 Å². The summed E-state index contributed by atoms with van der Waals surface area (Å²) < 4.78 is 3.49. The lowest BCUT2D eigenvalue weighted by molar-refractivity contribution is -0.132. The van der Waals surface area contributed by atoms with Crippen LogP contribution in [0.15, 0.2) is 33.9 Å². The van der Waals surface area contributed by atoms with Crippen molar-refractivity contribution < 1.29 is 4.79 Å². The summed E-state index contributed by atoms with van der Waals surface area (Å²) in [5.41, 5.74) is 2.34. The van der Waals surface area contributed by atoms with Crippen LogP contribution < -0.4 is 11.2 Å². The summed E-state index contributed by atoms with van der Waals surface area (Å²) >= 11 is 0. The Morgan fingerprint density at radius 1 is 1.06 bits per heavy atom. The first-order chi connectivity index (χ1) is 16.4. The summed E-state index contributed by atoms with van der Waals surface area (Å²) in [7, 11) is 0. The van der Waals surface area contributed by atoms with Crippen LogP contribution in [0.2, 0.25) is 0 Å². The molecule has 9 nitrogen and oxygen atoms in total. The molecule has 9 heteroatoms. The zero-order valence-electron chi connectivity index (χ0n) is 20.3. The van der Waals surface area contributed by atoms with E-state index in [0.717, 1.165) is 42.9 Å². The van der Waals surface area contributed by atoms with Crippen LogP contribution in [0, 0.1) is 6.92 Å². The lowest BCUT2D eigenvalue weighted by Gasteiger charge is -2.34. The number of piperazine rings is 1. The van der Waals surface area contributed by atoms with Crippen molar-refractivity contribution in [2.75, 3.05) is 26.2 Å². The number of H-pyrrole nitrogens is 1. The molecule has 4 rings (SSSR count). The highest BCUT2D eigenvalue weighted by atomic mass is 16.2. The quantitative estimate of drug-likeness (QED) is 0.547. The minimum atomic E-state index is -0.404. The molecule has 3 heterocycles. The van der Waals surface area contributed by atoms with Gasteiger partial charge in [0.15, 0.2) is 11.2 Å². The molecule has 0 radical (unpaired) electrons. The number of hydrogen-bond donors (Lipinski definition) is 1. The number of aryl methyl sites for hydroxylation is 3. The second-order valence-corrected chi connectivity index (χ2v) is 8.97. The summed E-state index contributed by atoms with van der Waals surface area (Å²) in [5.74, 6) is 0.930. The Hall–Kier alpha value is -3.20. The highest BCUT2D eigenvalue weighted by Gasteiger charge is 2.24. The van der Waals surface area contributed by atoms with E-state index in [-0.39, 0.29) is 11.5 Å². The Morgan fingerprint density at radius 2 is 1.79 bits per heavy atom. The summed E-state index contributed by atoms with van der Waals surface area (Å²) in [6, 6.07) is 8.01. The third kappa shape index (κ3) is 4.84. The van der Waals surface area contributed by atoms with Crippen LogP contribution in [0.4, 0.5) is 0 Å². The molecule has 1 N–H and O–H groups in total. The largest absolute Gasteiger partial charge is 0.340 e. The number of amides is 1. The molecule has 1 aliphatic rings. The van der Waals surface area contributed by atoms with E-state index < -0.39 is 5.69 Å². The van der Waals surface area contributed by atoms with Crippen LogP contribution in [0.3, 0.4) is 0 Å². The lowest BCUT2D eigenvalue weighted by Crippen LogP contribution is -2.49. The van der Waals surface area contributed by atoms with Crippen LogP contribution in [0.5, 0.6) is 0 Å². The molecule has 1 saturated heterocycles. The van der Waals surface area contributed by atoms with Crippen molar-refractivity contribution in [2.45, 2.75) is 59.7 Å². The minimum absolute atomic E-state index is 0.154. The predicted octanol–water partition coefficient (Wildman–Crippen LogP) is 1.90. The van der Waals surface area contributed by atoms with Gasteiger partial charge in [0.25, 0.3) is 5.56 Å². The fraction of sp³-hybridized carbons (Fsp3) is 0.520. The van der Waals surface area contributed by atoms with Crippen LogP contribution in [0.1, 0.15) is 43.6 Å². The van der Waals surface area contributed by atoms with Gasteiger partial charge in [-0.2, -0.15) is 0 Å². The molecule has 1 aliphatic heterocycles. The summed E-state index contributed by atoms with van der Waals surface area (Å²) in [5, 5.41) is 0. The molecule has 0 saturated carbocycles. The van der Waals surface area contributed by atoms with E-state index in [1.165, 1.54) is 0 Å². The molecule has 3 aromatic rings. The number of nitrogens with one attached hydrogen (secondary N) is 1. The third-order valence-electron chi connectivity index (χ3n) is 6.71. The first-order valence-electron chi connectivity index (χ1n) is 12.2. The number of rotatable bonds is 8. The third-order valence-corrected chi connectivity index (χ3v) is 6.71. The van der Waals surface area contributed by atoms with E-state index in [1.54, 1.807) is 4.57 Å². The van der Waals surface area contributed by atoms with Crippen molar-refractivity contribution in [1.82, 2.24) is 28.9 Å². The van der Waals surface area contributed by atoms with Crippen molar-refractivity contribution in [3.8, 4) is 0 Å². The van der Waals surface area contributed by atoms with E-state index in [9.17, 15) is 14.4 Å². The van der Waals surface area contributed by atoms with Crippen LogP contribution in [-0.4, -0.2) is 61.0 Å². The molecule has 182 valence electrons. The van der Waals surface area contributed by atoms with Crippen LogP contribution in [0.25, 0.3) is 11.2 Å². The molecule has 1 amide bonds. The van der Waals surface area contributed by atoms with Gasteiger partial charge in [-0.1, -0.05) is 37.6 Å². The van der Waals surface area contributed by atoms with Gasteiger partial charge in [0.1, 0.15) is 5.82 Å². The summed E-state index contributed by atoms with van der Waals surface area (Å²) in [6.45, 7) is 10.6. The second kappa shape index (κ2) is 10.4. The number of nitrogens with zero attached hydrogens (tertiary/aromatic N) is 5. The molecule has 0 atom stereocenters. The van der Waals surface area contributed by atoms with E-state index in [0.29, 0.717) is 50.3 Å². The van der Waals surface area contributed by atoms with E-state index in [1.807, 2.05) is 47.6 Å². The maximum atomic E-state index is 12.8. The van der Waals surface area contributed by atoms with Gasteiger partial charge in [0.2, 0.25) is 5.91 Å². The maximum absolute atomic E-state index is 12.8. The Labute approximate surface area is 199 Å². The van der Waals surface area contributed by atoms with Gasteiger partial charge in [-0.3, -0.25) is 24.0 Å². The molecule has 0 aliphatic carbocycles. The maximum Gasteiger partial charge on any atom is 0.330 e. The summed E-state index contributed by atoms with van der Waals surface area (Å²) in [6.07, 6.45) is 2.21. The predicted molar refractivity (Wildman–Crippen MR) is 132 cm³/mol. The van der Waals surface area contributed by atoms with Gasteiger partial charge in [-0.25, -0.2) is 9.78 Å². The molecule has 0 unspecified atom stereocenters. The van der Waals surface area contributed by atoms with Gasteiger partial charge in [-0.15, -0.1) is 0 Å². The number of fused-ring (bicyclic) bond motifs is 1. The zero-order chi connectivity index (χ0) is 24.2. The zero-order valence-corrected chi connectivity index (χ0v) is 20.3. The second-order valence-electron chi connectivity index (χ2n) is 8.97. The Bertz CT molecular complexity index is 1280. The Morgan fingerprint density at radius 3 is 2.47 bits per heavy atom. The van der Waals surface area contributed by atoms with Gasteiger partial charge in [-0.05, 0) is 31.4 Å². The summed E-state index contributed by atoms with van der Waals surface area (Å²) in [4.78, 5) is 49.3. The van der Waals surface area contributed by atoms with Gasteiger partial charge < -0.3 is 9.47 Å². The molecule has 1 fully saturated rings. The van der Waals surface area contributed by atoms with Crippen LogP contribution in [-0.2, 0) is 30.8 Å². The number of hydrogen-bond acceptors (Lipinski definition) is 5. The van der Waals surface area contributed by atoms with Crippen molar-refractivity contribution in [1.29, 1.82) is 0 Å². The van der Waals surface area contributed by atoms with Crippen LogP contribution >= 0.6 is 0 Å². The SMILES string of the molecule is CCCCn1c(=O)[nH]c(=O)c2c1nc(CN1CCN(C(=O)Cc3ccccc3C)CC1)n2CC. The van der Waals surface area contributed by atoms with E-state index in [2.05, 4.69) is 16.8 Å². The smallest absolute Gasteiger partial charge is 0.330 e. The highest BCUT2D eigenvalue weighted by molar-refractivity contribution is 5.79. The average molecular weight is 467 g/mol. The number of unbranched alkanes of at least 4 members (excludes halogenated alkanes) is 1. The monoisotopic (exact) mass is 466 g/mol. The van der Waals surface area contributed by atoms with Gasteiger partial charge in [0, 0.05) is 39.3 Å². The Balaban J connectivity index is 1.48.